The van der Waals surface area contributed by atoms with Crippen molar-refractivity contribution >= 4 is 23.5 Å². The third-order valence-electron chi connectivity index (χ3n) is 5.05. The SMILES string of the molecule is CCCC(=O)Oc1c(O)c(O)c(C(=O)CCC)c(C(=O)OCc2cccc(F)c2)c1C(=O)CCC. The van der Waals surface area contributed by atoms with E-state index in [1.807, 2.05) is 0 Å². The van der Waals surface area contributed by atoms with Crippen molar-refractivity contribution in [1.82, 2.24) is 0 Å². The molecule has 8 nitrogen and oxygen atoms in total. The zero-order valence-corrected chi connectivity index (χ0v) is 20.0. The minimum atomic E-state index is -1.17. The molecule has 0 spiro atoms. The van der Waals surface area contributed by atoms with Gasteiger partial charge in [-0.3, -0.25) is 14.4 Å². The minimum absolute atomic E-state index is 0.0581. The molecule has 2 aromatic rings. The van der Waals surface area contributed by atoms with Crippen LogP contribution in [0.15, 0.2) is 24.3 Å². The van der Waals surface area contributed by atoms with Crippen LogP contribution >= 0.6 is 0 Å². The molecule has 0 aliphatic carbocycles. The molecule has 0 saturated carbocycles. The number of halogens is 1. The van der Waals surface area contributed by atoms with Crippen molar-refractivity contribution < 1.29 is 43.3 Å². The Hall–Kier alpha value is -3.75. The fourth-order valence-corrected chi connectivity index (χ4v) is 3.46. The Labute approximate surface area is 202 Å². The molecular formula is C26H29FO8. The van der Waals surface area contributed by atoms with Crippen molar-refractivity contribution in [2.75, 3.05) is 0 Å². The molecule has 0 saturated heterocycles. The smallest absolute Gasteiger partial charge is 0.340 e. The largest absolute Gasteiger partial charge is 0.504 e. The Morgan fingerprint density at radius 1 is 0.829 bits per heavy atom. The van der Waals surface area contributed by atoms with E-state index in [0.29, 0.717) is 24.8 Å². The van der Waals surface area contributed by atoms with Crippen LogP contribution in [-0.2, 0) is 16.1 Å². The van der Waals surface area contributed by atoms with Crippen molar-refractivity contribution in [1.29, 1.82) is 0 Å². The van der Waals surface area contributed by atoms with Gasteiger partial charge in [-0.15, -0.1) is 0 Å². The van der Waals surface area contributed by atoms with E-state index >= 15 is 0 Å². The summed E-state index contributed by atoms with van der Waals surface area (Å²) in [7, 11) is 0. The van der Waals surface area contributed by atoms with Gasteiger partial charge in [-0.25, -0.2) is 9.18 Å². The second-order valence-corrected chi connectivity index (χ2v) is 7.93. The van der Waals surface area contributed by atoms with Crippen LogP contribution in [0.4, 0.5) is 4.39 Å². The van der Waals surface area contributed by atoms with Crippen LogP contribution in [0, 0.1) is 5.82 Å². The highest BCUT2D eigenvalue weighted by molar-refractivity contribution is 6.17. The summed E-state index contributed by atoms with van der Waals surface area (Å²) < 4.78 is 24.0. The normalized spacial score (nSPS) is 10.6. The Kier molecular flexibility index (Phi) is 9.93. The van der Waals surface area contributed by atoms with Crippen molar-refractivity contribution in [2.45, 2.75) is 65.9 Å². The first-order chi connectivity index (χ1) is 16.7. The number of ether oxygens (including phenoxy) is 2. The van der Waals surface area contributed by atoms with Gasteiger partial charge in [0.05, 0.1) is 16.7 Å². The lowest BCUT2D eigenvalue weighted by atomic mass is 9.90. The number of hydrogen-bond donors (Lipinski definition) is 2. The topological polar surface area (TPSA) is 127 Å². The lowest BCUT2D eigenvalue weighted by Gasteiger charge is -2.19. The lowest BCUT2D eigenvalue weighted by molar-refractivity contribution is -0.134. The highest BCUT2D eigenvalue weighted by atomic mass is 19.1. The number of ketones is 2. The van der Waals surface area contributed by atoms with Crippen LogP contribution in [0.2, 0.25) is 0 Å². The number of esters is 2. The van der Waals surface area contributed by atoms with E-state index in [1.165, 1.54) is 18.2 Å². The fraction of sp³-hybridized carbons (Fsp3) is 0.385. The van der Waals surface area contributed by atoms with E-state index in [4.69, 9.17) is 9.47 Å². The third kappa shape index (κ3) is 6.65. The molecule has 0 heterocycles. The van der Waals surface area contributed by atoms with Gasteiger partial charge in [0, 0.05) is 19.3 Å². The van der Waals surface area contributed by atoms with Gasteiger partial charge >= 0.3 is 11.9 Å². The van der Waals surface area contributed by atoms with E-state index in [-0.39, 0.29) is 19.3 Å². The number of carbonyl (C=O) groups is 4. The van der Waals surface area contributed by atoms with E-state index in [1.54, 1.807) is 20.8 Å². The van der Waals surface area contributed by atoms with E-state index in [9.17, 15) is 33.8 Å². The molecule has 0 unspecified atom stereocenters. The predicted molar refractivity (Wildman–Crippen MR) is 124 cm³/mol. The first kappa shape index (κ1) is 27.5. The van der Waals surface area contributed by atoms with Gasteiger partial charge in [-0.05, 0) is 37.0 Å². The van der Waals surface area contributed by atoms with Crippen molar-refractivity contribution in [3.05, 3.63) is 52.3 Å². The van der Waals surface area contributed by atoms with Gasteiger partial charge in [0.25, 0.3) is 0 Å². The molecule has 9 heteroatoms. The molecule has 0 aromatic heterocycles. The van der Waals surface area contributed by atoms with Crippen LogP contribution in [-0.4, -0.2) is 33.7 Å². The molecule has 0 atom stereocenters. The standard InChI is InChI=1S/C26H29FO8/c1-4-8-17(28)20-22(26(33)34-14-15-11-7-12-16(27)13-15)21(18(29)9-5-2)25(24(32)23(20)31)35-19(30)10-6-3/h7,11-13,31-32H,4-6,8-10,14H2,1-3H3. The maximum Gasteiger partial charge on any atom is 0.340 e. The molecule has 0 radical (unpaired) electrons. The highest BCUT2D eigenvalue weighted by Crippen LogP contribution is 2.46. The average molecular weight is 489 g/mol. The van der Waals surface area contributed by atoms with Crippen LogP contribution < -0.4 is 4.74 Å². The number of carbonyl (C=O) groups excluding carboxylic acids is 4. The Bertz CT molecular complexity index is 1120. The zero-order chi connectivity index (χ0) is 26.1. The summed E-state index contributed by atoms with van der Waals surface area (Å²) in [5, 5.41) is 21.3. The maximum absolute atomic E-state index is 13.5. The first-order valence-corrected chi connectivity index (χ1v) is 11.5. The van der Waals surface area contributed by atoms with Gasteiger partial charge < -0.3 is 19.7 Å². The molecule has 35 heavy (non-hydrogen) atoms. The fourth-order valence-electron chi connectivity index (χ4n) is 3.46. The average Bonchev–Trinajstić information content (AvgIpc) is 2.80. The van der Waals surface area contributed by atoms with Crippen LogP contribution in [0.25, 0.3) is 0 Å². The molecule has 2 N–H and O–H groups in total. The van der Waals surface area contributed by atoms with Gasteiger partial charge in [-0.2, -0.15) is 0 Å². The Morgan fingerprint density at radius 3 is 2.00 bits per heavy atom. The van der Waals surface area contributed by atoms with Crippen LogP contribution in [0.1, 0.15) is 95.9 Å². The molecule has 2 aromatic carbocycles. The van der Waals surface area contributed by atoms with Gasteiger partial charge in [0.2, 0.25) is 5.75 Å². The number of rotatable bonds is 12. The summed E-state index contributed by atoms with van der Waals surface area (Å²) >= 11 is 0. The van der Waals surface area contributed by atoms with Crippen LogP contribution in [0.5, 0.6) is 17.2 Å². The summed E-state index contributed by atoms with van der Waals surface area (Å²) in [6.45, 7) is 4.71. The zero-order valence-electron chi connectivity index (χ0n) is 20.0. The van der Waals surface area contributed by atoms with Crippen molar-refractivity contribution in [3.63, 3.8) is 0 Å². The summed E-state index contributed by atoms with van der Waals surface area (Å²) in [6.07, 6.45) is 0.833. The molecule has 0 fully saturated rings. The predicted octanol–water partition coefficient (Wildman–Crippen LogP) is 5.27. The Morgan fingerprint density at radius 2 is 1.43 bits per heavy atom. The summed E-state index contributed by atoms with van der Waals surface area (Å²) in [5.41, 5.74) is -1.41. The van der Waals surface area contributed by atoms with Crippen molar-refractivity contribution in [3.8, 4) is 17.2 Å². The van der Waals surface area contributed by atoms with Crippen LogP contribution in [0.3, 0.4) is 0 Å². The number of phenolic OH excluding ortho intramolecular Hbond substituents is 2. The van der Waals surface area contributed by atoms with E-state index in [2.05, 4.69) is 0 Å². The first-order valence-electron chi connectivity index (χ1n) is 11.5. The molecule has 0 amide bonds. The minimum Gasteiger partial charge on any atom is -0.504 e. The lowest BCUT2D eigenvalue weighted by Crippen LogP contribution is -2.20. The summed E-state index contributed by atoms with van der Waals surface area (Å²) in [6, 6.07) is 5.28. The van der Waals surface area contributed by atoms with Gasteiger partial charge in [0.1, 0.15) is 12.4 Å². The molecule has 0 aliphatic rings. The molecule has 0 aliphatic heterocycles. The van der Waals surface area contributed by atoms with Crippen molar-refractivity contribution in [2.24, 2.45) is 0 Å². The van der Waals surface area contributed by atoms with E-state index in [0.717, 1.165) is 6.07 Å². The maximum atomic E-state index is 13.5. The van der Waals surface area contributed by atoms with E-state index < -0.39 is 69.9 Å². The number of benzene rings is 2. The number of hydrogen-bond acceptors (Lipinski definition) is 8. The molecule has 0 bridgehead atoms. The second-order valence-electron chi connectivity index (χ2n) is 7.93. The summed E-state index contributed by atoms with van der Waals surface area (Å²) in [4.78, 5) is 51.4. The molecular weight excluding hydrogens is 459 g/mol. The number of aromatic hydroxyl groups is 2. The summed E-state index contributed by atoms with van der Waals surface area (Å²) in [5.74, 6) is -6.62. The number of Topliss-reactive ketones (excluding diaryl/α,β-unsaturated/α-hetero) is 2. The van der Waals surface area contributed by atoms with Gasteiger partial charge in [-0.1, -0.05) is 32.9 Å². The van der Waals surface area contributed by atoms with Gasteiger partial charge in [0.15, 0.2) is 23.1 Å². The Balaban J connectivity index is 2.74. The quantitative estimate of drug-likeness (QED) is 0.179. The third-order valence-corrected chi connectivity index (χ3v) is 5.05. The molecule has 188 valence electrons. The number of phenols is 2. The highest BCUT2D eigenvalue weighted by Gasteiger charge is 2.36. The monoisotopic (exact) mass is 488 g/mol. The second kappa shape index (κ2) is 12.6. The molecule has 2 rings (SSSR count).